The van der Waals surface area contributed by atoms with E-state index in [1.54, 1.807) is 0 Å². The number of anilines is 1. The molecule has 1 aromatic rings. The lowest BCUT2D eigenvalue weighted by Crippen LogP contribution is -2.57. The fraction of sp³-hybridized carbons (Fsp3) is 0.650. The first kappa shape index (κ1) is 18.2. The number of hydrogen-bond acceptors (Lipinski definition) is 4. The van der Waals surface area contributed by atoms with Crippen LogP contribution in [0.1, 0.15) is 39.0 Å². The van der Waals surface area contributed by atoms with Crippen molar-refractivity contribution in [2.75, 3.05) is 31.2 Å². The molecule has 0 spiro atoms. The molecule has 25 heavy (non-hydrogen) atoms. The molecule has 2 aliphatic rings. The molecule has 0 radical (unpaired) electrons. The Hall–Kier alpha value is -1.59. The van der Waals surface area contributed by atoms with E-state index in [0.29, 0.717) is 19.7 Å². The molecular weight excluding hydrogens is 316 g/mol. The second-order valence-electron chi connectivity index (χ2n) is 7.06. The number of ether oxygens (including phenoxy) is 1. The van der Waals surface area contributed by atoms with E-state index >= 15 is 0 Å². The summed E-state index contributed by atoms with van der Waals surface area (Å²) in [6.45, 7) is 3.72. The second-order valence-corrected chi connectivity index (χ2v) is 7.06. The molecule has 0 aromatic heterocycles. The van der Waals surface area contributed by atoms with Crippen LogP contribution >= 0.6 is 0 Å². The Morgan fingerprint density at radius 3 is 2.80 bits per heavy atom. The van der Waals surface area contributed by atoms with E-state index in [4.69, 9.17) is 4.74 Å². The number of benzene rings is 1. The van der Waals surface area contributed by atoms with Crippen LogP contribution in [0.5, 0.6) is 0 Å². The Balaban J connectivity index is 1.75. The topological polar surface area (TPSA) is 53.0 Å². The van der Waals surface area contributed by atoms with E-state index in [1.807, 2.05) is 42.2 Å². The normalized spacial score (nSPS) is 24.5. The third-order valence-electron chi connectivity index (χ3n) is 5.57. The molecule has 138 valence electrons. The molecule has 1 saturated carbocycles. The molecule has 1 saturated heterocycles. The zero-order chi connectivity index (χ0) is 17.6. The minimum atomic E-state index is -0.0467. The zero-order valence-electron chi connectivity index (χ0n) is 15.1. The molecular formula is C20H30N2O3. The van der Waals surface area contributed by atoms with E-state index in [-0.39, 0.29) is 30.7 Å². The van der Waals surface area contributed by atoms with Crippen LogP contribution in [0.15, 0.2) is 30.3 Å². The number of carbonyl (C=O) groups excluding carboxylic acids is 1. The van der Waals surface area contributed by atoms with Crippen LogP contribution in [0.3, 0.4) is 0 Å². The van der Waals surface area contributed by atoms with Crippen molar-refractivity contribution in [3.8, 4) is 0 Å². The van der Waals surface area contributed by atoms with Crippen molar-refractivity contribution in [1.82, 2.24) is 4.90 Å². The quantitative estimate of drug-likeness (QED) is 0.860. The average molecular weight is 346 g/mol. The molecule has 3 unspecified atom stereocenters. The van der Waals surface area contributed by atoms with Crippen LogP contribution in [0, 0.1) is 0 Å². The Bertz CT molecular complexity index is 545. The highest BCUT2D eigenvalue weighted by Gasteiger charge is 2.37. The van der Waals surface area contributed by atoms with Gasteiger partial charge in [0.1, 0.15) is 0 Å². The van der Waals surface area contributed by atoms with Crippen LogP contribution in [0.2, 0.25) is 0 Å². The molecule has 1 N–H and O–H groups in total. The first-order valence-electron chi connectivity index (χ1n) is 9.58. The number of para-hydroxylation sites is 1. The molecule has 2 fully saturated rings. The van der Waals surface area contributed by atoms with Gasteiger partial charge in [-0.1, -0.05) is 38.0 Å². The Morgan fingerprint density at radius 2 is 2.08 bits per heavy atom. The van der Waals surface area contributed by atoms with Crippen LogP contribution in [0.25, 0.3) is 0 Å². The molecule has 5 heteroatoms. The third kappa shape index (κ3) is 4.15. The number of aliphatic hydroxyl groups excluding tert-OH is 1. The summed E-state index contributed by atoms with van der Waals surface area (Å²) in [5.74, 6) is 0.149. The van der Waals surface area contributed by atoms with Gasteiger partial charge in [0, 0.05) is 12.2 Å². The summed E-state index contributed by atoms with van der Waals surface area (Å²) in [6.07, 6.45) is 5.47. The van der Waals surface area contributed by atoms with Gasteiger partial charge in [0.15, 0.2) is 0 Å². The van der Waals surface area contributed by atoms with Gasteiger partial charge in [-0.25, -0.2) is 0 Å². The second kappa shape index (κ2) is 8.68. The summed E-state index contributed by atoms with van der Waals surface area (Å²) >= 11 is 0. The van der Waals surface area contributed by atoms with E-state index in [0.717, 1.165) is 24.9 Å². The molecule has 5 nitrogen and oxygen atoms in total. The van der Waals surface area contributed by atoms with E-state index in [9.17, 15) is 9.90 Å². The van der Waals surface area contributed by atoms with Gasteiger partial charge < -0.3 is 19.6 Å². The standard InChI is InChI=1S/C20H30N2O3/c1-2-16(15-23)22(17-8-4-3-5-9-17)14-20(24)21-12-13-25-19-11-7-6-10-18(19)21/h3-5,8-9,16,18-19,23H,2,6-7,10-15H2,1H3. The molecule has 1 aliphatic heterocycles. The maximum absolute atomic E-state index is 13.1. The van der Waals surface area contributed by atoms with Gasteiger partial charge in [0.2, 0.25) is 5.91 Å². The Morgan fingerprint density at radius 1 is 1.32 bits per heavy atom. The lowest BCUT2D eigenvalue weighted by atomic mass is 9.90. The van der Waals surface area contributed by atoms with Crippen LogP contribution in [-0.4, -0.2) is 60.4 Å². The third-order valence-corrected chi connectivity index (χ3v) is 5.57. The van der Waals surface area contributed by atoms with Gasteiger partial charge in [0.25, 0.3) is 0 Å². The first-order chi connectivity index (χ1) is 12.2. The van der Waals surface area contributed by atoms with Gasteiger partial charge in [-0.3, -0.25) is 4.79 Å². The van der Waals surface area contributed by atoms with Gasteiger partial charge >= 0.3 is 0 Å². The number of aliphatic hydroxyl groups is 1. The smallest absolute Gasteiger partial charge is 0.242 e. The van der Waals surface area contributed by atoms with E-state index < -0.39 is 0 Å². The summed E-state index contributed by atoms with van der Waals surface area (Å²) in [6, 6.07) is 10.1. The number of hydrogen-bond donors (Lipinski definition) is 1. The van der Waals surface area contributed by atoms with Crippen molar-refractivity contribution in [2.24, 2.45) is 0 Å². The van der Waals surface area contributed by atoms with Crippen molar-refractivity contribution in [1.29, 1.82) is 0 Å². The average Bonchev–Trinajstić information content (AvgIpc) is 2.68. The fourth-order valence-electron chi connectivity index (χ4n) is 4.14. The number of nitrogens with zero attached hydrogens (tertiary/aromatic N) is 2. The van der Waals surface area contributed by atoms with Crippen LogP contribution < -0.4 is 4.90 Å². The predicted octanol–water partition coefficient (Wildman–Crippen LogP) is 2.43. The molecule has 0 bridgehead atoms. The SMILES string of the molecule is CCC(CO)N(CC(=O)N1CCOC2CCCCC21)c1ccccc1. The van der Waals surface area contributed by atoms with Crippen LogP contribution in [-0.2, 0) is 9.53 Å². The predicted molar refractivity (Wildman–Crippen MR) is 98.7 cm³/mol. The summed E-state index contributed by atoms with van der Waals surface area (Å²) in [7, 11) is 0. The first-order valence-corrected chi connectivity index (χ1v) is 9.58. The van der Waals surface area contributed by atoms with Gasteiger partial charge in [-0.2, -0.15) is 0 Å². The van der Waals surface area contributed by atoms with Crippen molar-refractivity contribution in [2.45, 2.75) is 57.2 Å². The van der Waals surface area contributed by atoms with Crippen LogP contribution in [0.4, 0.5) is 5.69 Å². The maximum atomic E-state index is 13.1. The van der Waals surface area contributed by atoms with Gasteiger partial charge in [-0.15, -0.1) is 0 Å². The molecule has 3 rings (SSSR count). The van der Waals surface area contributed by atoms with E-state index in [2.05, 4.69) is 4.90 Å². The molecule has 1 amide bonds. The van der Waals surface area contributed by atoms with Crippen molar-refractivity contribution < 1.29 is 14.6 Å². The highest BCUT2D eigenvalue weighted by Crippen LogP contribution is 2.29. The number of carbonyl (C=O) groups is 1. The van der Waals surface area contributed by atoms with Crippen molar-refractivity contribution in [3.63, 3.8) is 0 Å². The highest BCUT2D eigenvalue weighted by atomic mass is 16.5. The van der Waals surface area contributed by atoms with Crippen molar-refractivity contribution in [3.05, 3.63) is 30.3 Å². The largest absolute Gasteiger partial charge is 0.394 e. The lowest BCUT2D eigenvalue weighted by Gasteiger charge is -2.45. The fourth-order valence-corrected chi connectivity index (χ4v) is 4.14. The monoisotopic (exact) mass is 346 g/mol. The van der Waals surface area contributed by atoms with Gasteiger partial charge in [-0.05, 0) is 31.4 Å². The number of rotatable bonds is 6. The summed E-state index contributed by atoms with van der Waals surface area (Å²) in [4.78, 5) is 17.2. The number of morpholine rings is 1. The van der Waals surface area contributed by atoms with Crippen molar-refractivity contribution >= 4 is 11.6 Å². The zero-order valence-corrected chi connectivity index (χ0v) is 15.1. The Kier molecular flexibility index (Phi) is 6.32. The summed E-state index contributed by atoms with van der Waals surface area (Å²) < 4.78 is 5.89. The maximum Gasteiger partial charge on any atom is 0.242 e. The van der Waals surface area contributed by atoms with E-state index in [1.165, 1.54) is 12.8 Å². The molecule has 1 aliphatic carbocycles. The molecule has 1 aromatic carbocycles. The Labute approximate surface area is 150 Å². The molecule has 3 atom stereocenters. The molecule has 1 heterocycles. The summed E-state index contributed by atoms with van der Waals surface area (Å²) in [5.41, 5.74) is 0.991. The minimum Gasteiger partial charge on any atom is -0.394 e. The van der Waals surface area contributed by atoms with Gasteiger partial charge in [0.05, 0.1) is 37.9 Å². The lowest BCUT2D eigenvalue weighted by molar-refractivity contribution is -0.148. The minimum absolute atomic E-state index is 0.0467. The highest BCUT2D eigenvalue weighted by molar-refractivity contribution is 5.82. The number of fused-ring (bicyclic) bond motifs is 1. The summed E-state index contributed by atoms with van der Waals surface area (Å²) in [5, 5.41) is 9.78. The number of amides is 1.